The lowest BCUT2D eigenvalue weighted by Gasteiger charge is -2.27. The fourth-order valence-corrected chi connectivity index (χ4v) is 2.80. The summed E-state index contributed by atoms with van der Waals surface area (Å²) in [5.74, 6) is 1.76. The molecule has 0 amide bonds. The van der Waals surface area contributed by atoms with Crippen LogP contribution in [0.15, 0.2) is 34.9 Å². The summed E-state index contributed by atoms with van der Waals surface area (Å²) in [4.78, 5) is 4.38. The number of nitrogens with two attached hydrogens (primary N) is 1. The van der Waals surface area contributed by atoms with E-state index in [0.717, 1.165) is 28.0 Å². The molecule has 104 valence electrons. The summed E-state index contributed by atoms with van der Waals surface area (Å²) in [6.07, 6.45) is 2.60. The number of hydrogen-bond donors (Lipinski definition) is 2. The van der Waals surface area contributed by atoms with Gasteiger partial charge in [-0.2, -0.15) is 0 Å². The molecule has 5 heteroatoms. The molecule has 1 unspecified atom stereocenters. The molecule has 0 fully saturated rings. The van der Waals surface area contributed by atoms with Gasteiger partial charge in [-0.25, -0.2) is 4.98 Å². The van der Waals surface area contributed by atoms with Gasteiger partial charge in [-0.3, -0.25) is 0 Å². The van der Waals surface area contributed by atoms with Crippen LogP contribution in [0.25, 0.3) is 0 Å². The van der Waals surface area contributed by atoms with Crippen LogP contribution in [0.3, 0.4) is 0 Å². The Kier molecular flexibility index (Phi) is 3.53. The average Bonchev–Trinajstić information content (AvgIpc) is 2.48. The van der Waals surface area contributed by atoms with Crippen LogP contribution in [-0.4, -0.2) is 11.6 Å². The number of nitrogens with zero attached hydrogens (tertiary/aromatic N) is 1. The van der Waals surface area contributed by atoms with Crippen LogP contribution in [-0.2, 0) is 0 Å². The molecule has 4 nitrogen and oxygen atoms in total. The Morgan fingerprint density at radius 1 is 1.40 bits per heavy atom. The highest BCUT2D eigenvalue weighted by Crippen LogP contribution is 2.36. The first-order chi connectivity index (χ1) is 9.66. The number of rotatable bonds is 2. The Bertz CT molecular complexity index is 645. The lowest BCUT2D eigenvalue weighted by Crippen LogP contribution is -2.21. The molecule has 0 radical (unpaired) electrons. The van der Waals surface area contributed by atoms with Crippen molar-refractivity contribution in [2.45, 2.75) is 19.4 Å². The number of nitrogen functional groups attached to an aromatic ring is 1. The summed E-state index contributed by atoms with van der Waals surface area (Å²) in [6, 6.07) is 8.30. The summed E-state index contributed by atoms with van der Waals surface area (Å²) in [5.41, 5.74) is 8.72. The highest BCUT2D eigenvalue weighted by molar-refractivity contribution is 9.10. The van der Waals surface area contributed by atoms with Gasteiger partial charge in [0, 0.05) is 12.0 Å². The maximum absolute atomic E-state index is 5.86. The highest BCUT2D eigenvalue weighted by atomic mass is 79.9. The van der Waals surface area contributed by atoms with Gasteiger partial charge < -0.3 is 15.8 Å². The molecule has 0 saturated heterocycles. The molecule has 1 aliphatic rings. The molecule has 1 aliphatic heterocycles. The number of pyridine rings is 1. The van der Waals surface area contributed by atoms with Crippen molar-refractivity contribution in [1.82, 2.24) is 4.98 Å². The number of benzene rings is 1. The van der Waals surface area contributed by atoms with Crippen molar-refractivity contribution in [3.8, 4) is 5.75 Å². The molecule has 1 atom stereocenters. The normalized spacial score (nSPS) is 17.2. The average molecular weight is 334 g/mol. The number of hydrogen-bond acceptors (Lipinski definition) is 4. The van der Waals surface area contributed by atoms with Gasteiger partial charge in [0.2, 0.25) is 0 Å². The number of para-hydroxylation sites is 1. The van der Waals surface area contributed by atoms with Crippen molar-refractivity contribution in [3.63, 3.8) is 0 Å². The molecule has 0 saturated carbocycles. The Labute approximate surface area is 126 Å². The number of nitrogens with one attached hydrogen (secondary N) is 1. The summed E-state index contributed by atoms with van der Waals surface area (Å²) in [6.45, 7) is 2.68. The largest absolute Gasteiger partial charge is 0.493 e. The SMILES string of the molecule is Cc1c(N)cnc(NC2CCOc3ccccc32)c1Br. The zero-order chi connectivity index (χ0) is 14.1. The van der Waals surface area contributed by atoms with Crippen LogP contribution in [0.5, 0.6) is 5.75 Å². The van der Waals surface area contributed by atoms with Crippen LogP contribution < -0.4 is 15.8 Å². The number of ether oxygens (including phenoxy) is 1. The molecule has 3 N–H and O–H groups in total. The van der Waals surface area contributed by atoms with E-state index in [2.05, 4.69) is 32.3 Å². The maximum Gasteiger partial charge on any atom is 0.141 e. The fourth-order valence-electron chi connectivity index (χ4n) is 2.35. The van der Waals surface area contributed by atoms with Crippen LogP contribution >= 0.6 is 15.9 Å². The van der Waals surface area contributed by atoms with E-state index < -0.39 is 0 Å². The molecule has 1 aromatic heterocycles. The van der Waals surface area contributed by atoms with Crippen molar-refractivity contribution in [1.29, 1.82) is 0 Å². The molecule has 0 spiro atoms. The second-order valence-electron chi connectivity index (χ2n) is 4.87. The number of aromatic nitrogens is 1. The Morgan fingerprint density at radius 2 is 2.20 bits per heavy atom. The smallest absolute Gasteiger partial charge is 0.141 e. The first-order valence-corrected chi connectivity index (χ1v) is 7.35. The van der Waals surface area contributed by atoms with E-state index in [-0.39, 0.29) is 6.04 Å². The van der Waals surface area contributed by atoms with Crippen molar-refractivity contribution in [2.75, 3.05) is 17.7 Å². The standard InChI is InChI=1S/C15H16BrN3O/c1-9-11(17)8-18-15(14(9)16)19-12-6-7-20-13-5-3-2-4-10(12)13/h2-5,8,12H,6-7,17H2,1H3,(H,18,19). The molecule has 2 aromatic rings. The van der Waals surface area contributed by atoms with E-state index >= 15 is 0 Å². The van der Waals surface area contributed by atoms with Gasteiger partial charge in [-0.1, -0.05) is 18.2 Å². The molecule has 1 aromatic carbocycles. The van der Waals surface area contributed by atoms with Crippen molar-refractivity contribution >= 4 is 27.4 Å². The van der Waals surface area contributed by atoms with Gasteiger partial charge in [0.25, 0.3) is 0 Å². The first-order valence-electron chi connectivity index (χ1n) is 6.55. The molecule has 20 heavy (non-hydrogen) atoms. The second-order valence-corrected chi connectivity index (χ2v) is 5.67. The van der Waals surface area contributed by atoms with E-state index in [1.54, 1.807) is 6.20 Å². The summed E-state index contributed by atoms with van der Waals surface area (Å²) in [7, 11) is 0. The summed E-state index contributed by atoms with van der Waals surface area (Å²) in [5, 5.41) is 3.48. The van der Waals surface area contributed by atoms with Gasteiger partial charge in [0.15, 0.2) is 0 Å². The van der Waals surface area contributed by atoms with Crippen LogP contribution in [0.2, 0.25) is 0 Å². The Hall–Kier alpha value is -1.75. The van der Waals surface area contributed by atoms with E-state index in [4.69, 9.17) is 10.5 Å². The van der Waals surface area contributed by atoms with E-state index in [0.29, 0.717) is 12.3 Å². The molecule has 2 heterocycles. The monoisotopic (exact) mass is 333 g/mol. The van der Waals surface area contributed by atoms with Gasteiger partial charge in [-0.05, 0) is 34.5 Å². The van der Waals surface area contributed by atoms with E-state index in [1.165, 1.54) is 5.56 Å². The van der Waals surface area contributed by atoms with Crippen LogP contribution in [0.4, 0.5) is 11.5 Å². The Morgan fingerprint density at radius 3 is 3.05 bits per heavy atom. The minimum Gasteiger partial charge on any atom is -0.493 e. The molecular formula is C15H16BrN3O. The fraction of sp³-hybridized carbons (Fsp3) is 0.267. The van der Waals surface area contributed by atoms with E-state index in [9.17, 15) is 0 Å². The Balaban J connectivity index is 1.92. The predicted octanol–water partition coefficient (Wildman–Crippen LogP) is 3.67. The predicted molar refractivity (Wildman–Crippen MR) is 84.0 cm³/mol. The highest BCUT2D eigenvalue weighted by Gasteiger charge is 2.22. The molecule has 0 bridgehead atoms. The second kappa shape index (κ2) is 5.32. The topological polar surface area (TPSA) is 60.2 Å². The van der Waals surface area contributed by atoms with Gasteiger partial charge in [0.1, 0.15) is 11.6 Å². The third-order valence-electron chi connectivity index (χ3n) is 3.57. The third kappa shape index (κ3) is 2.33. The zero-order valence-corrected chi connectivity index (χ0v) is 12.8. The minimum atomic E-state index is 0.201. The molecular weight excluding hydrogens is 318 g/mol. The lowest BCUT2D eigenvalue weighted by molar-refractivity contribution is 0.274. The van der Waals surface area contributed by atoms with Gasteiger partial charge in [0.05, 0.1) is 29.0 Å². The first kappa shape index (κ1) is 13.2. The van der Waals surface area contributed by atoms with Crippen LogP contribution in [0.1, 0.15) is 23.6 Å². The quantitative estimate of drug-likeness (QED) is 0.880. The van der Waals surface area contributed by atoms with Crippen molar-refractivity contribution in [3.05, 3.63) is 46.1 Å². The summed E-state index contributed by atoms with van der Waals surface area (Å²) >= 11 is 3.56. The lowest BCUT2D eigenvalue weighted by atomic mass is 10.0. The van der Waals surface area contributed by atoms with Crippen molar-refractivity contribution in [2.24, 2.45) is 0 Å². The third-order valence-corrected chi connectivity index (χ3v) is 4.54. The molecule has 0 aliphatic carbocycles. The van der Waals surface area contributed by atoms with Crippen LogP contribution in [0, 0.1) is 6.92 Å². The number of fused-ring (bicyclic) bond motifs is 1. The maximum atomic E-state index is 5.86. The minimum absolute atomic E-state index is 0.201. The summed E-state index contributed by atoms with van der Waals surface area (Å²) < 4.78 is 6.59. The number of halogens is 1. The van der Waals surface area contributed by atoms with Gasteiger partial charge in [-0.15, -0.1) is 0 Å². The molecule has 3 rings (SSSR count). The zero-order valence-electron chi connectivity index (χ0n) is 11.2. The van der Waals surface area contributed by atoms with E-state index in [1.807, 2.05) is 25.1 Å². The number of anilines is 2. The van der Waals surface area contributed by atoms with Crippen molar-refractivity contribution < 1.29 is 4.74 Å². The van der Waals surface area contributed by atoms with Gasteiger partial charge >= 0.3 is 0 Å².